The van der Waals surface area contributed by atoms with E-state index >= 15 is 0 Å². The molecule has 6 heteroatoms. The highest BCUT2D eigenvalue weighted by molar-refractivity contribution is 5.91. The van der Waals surface area contributed by atoms with Crippen molar-refractivity contribution in [2.24, 2.45) is 0 Å². The summed E-state index contributed by atoms with van der Waals surface area (Å²) >= 11 is 0. The zero-order valence-corrected chi connectivity index (χ0v) is 10.0. The first kappa shape index (κ1) is 13.1. The van der Waals surface area contributed by atoms with E-state index in [0.717, 1.165) is 5.56 Å². The number of benzene rings is 1. The third-order valence-corrected chi connectivity index (χ3v) is 2.54. The molecule has 0 spiro atoms. The predicted molar refractivity (Wildman–Crippen MR) is 61.8 cm³/mol. The molecule has 1 aromatic rings. The second-order valence-corrected chi connectivity index (χ2v) is 3.96. The molecule has 0 bridgehead atoms. The van der Waals surface area contributed by atoms with Gasteiger partial charge >= 0.3 is 18.1 Å². The maximum absolute atomic E-state index is 11.4. The minimum atomic E-state index is -1.02. The molecule has 1 fully saturated rings. The molecule has 100 valence electrons. The Morgan fingerprint density at radius 3 is 2.58 bits per heavy atom. The monoisotopic (exact) mass is 264 g/mol. The van der Waals surface area contributed by atoms with E-state index in [9.17, 15) is 14.4 Å². The maximum Gasteiger partial charge on any atom is 0.517 e. The van der Waals surface area contributed by atoms with Crippen LogP contribution in [0.15, 0.2) is 30.3 Å². The third-order valence-electron chi connectivity index (χ3n) is 2.54. The van der Waals surface area contributed by atoms with Gasteiger partial charge in [-0.25, -0.2) is 9.59 Å². The molecule has 19 heavy (non-hydrogen) atoms. The van der Waals surface area contributed by atoms with Crippen molar-refractivity contribution in [2.75, 3.05) is 0 Å². The van der Waals surface area contributed by atoms with Gasteiger partial charge in [0.1, 0.15) is 6.61 Å². The van der Waals surface area contributed by atoms with Crippen LogP contribution in [0.1, 0.15) is 18.4 Å². The quantitative estimate of drug-likeness (QED) is 0.593. The van der Waals surface area contributed by atoms with Gasteiger partial charge in [0.15, 0.2) is 0 Å². The summed E-state index contributed by atoms with van der Waals surface area (Å²) < 4.78 is 13.8. The Balaban J connectivity index is 1.70. The minimum absolute atomic E-state index is 0.0140. The number of cyclic esters (lactones) is 3. The molecule has 0 aliphatic carbocycles. The van der Waals surface area contributed by atoms with Crippen LogP contribution in [-0.4, -0.2) is 24.2 Å². The molecule has 2 rings (SSSR count). The van der Waals surface area contributed by atoms with E-state index in [2.05, 4.69) is 9.47 Å². The van der Waals surface area contributed by atoms with Crippen LogP contribution in [0, 0.1) is 0 Å². The van der Waals surface area contributed by atoms with Crippen molar-refractivity contribution >= 4 is 18.1 Å². The fourth-order valence-electron chi connectivity index (χ4n) is 1.57. The van der Waals surface area contributed by atoms with Gasteiger partial charge in [0.05, 0.1) is 0 Å². The van der Waals surface area contributed by atoms with Crippen LogP contribution >= 0.6 is 0 Å². The summed E-state index contributed by atoms with van der Waals surface area (Å²) in [5.74, 6) is -1.22. The Labute approximate surface area is 109 Å². The molecule has 0 radical (unpaired) electrons. The van der Waals surface area contributed by atoms with Crippen LogP contribution in [0.2, 0.25) is 0 Å². The molecule has 1 atom stereocenters. The van der Waals surface area contributed by atoms with Gasteiger partial charge < -0.3 is 14.2 Å². The Kier molecular flexibility index (Phi) is 4.12. The van der Waals surface area contributed by atoms with Crippen molar-refractivity contribution in [2.45, 2.75) is 25.6 Å². The summed E-state index contributed by atoms with van der Waals surface area (Å²) in [5, 5.41) is 0. The van der Waals surface area contributed by atoms with Crippen LogP contribution in [-0.2, 0) is 30.4 Å². The van der Waals surface area contributed by atoms with Gasteiger partial charge in [-0.3, -0.25) is 4.79 Å². The summed E-state index contributed by atoms with van der Waals surface area (Å²) in [6.07, 6.45) is -1.97. The average molecular weight is 264 g/mol. The van der Waals surface area contributed by atoms with Gasteiger partial charge in [-0.1, -0.05) is 30.3 Å². The van der Waals surface area contributed by atoms with Gasteiger partial charge in [-0.05, 0) is 5.56 Å². The lowest BCUT2D eigenvalue weighted by molar-refractivity contribution is -0.145. The van der Waals surface area contributed by atoms with Crippen LogP contribution < -0.4 is 0 Å². The molecule has 0 unspecified atom stereocenters. The van der Waals surface area contributed by atoms with Gasteiger partial charge in [-0.15, -0.1) is 0 Å². The van der Waals surface area contributed by atoms with Crippen LogP contribution in [0.4, 0.5) is 4.79 Å². The van der Waals surface area contributed by atoms with Gasteiger partial charge in [0.25, 0.3) is 0 Å². The molecule has 1 aliphatic heterocycles. The SMILES string of the molecule is O=C(CC[C@@H]1OC(=O)OC1=O)OCc1ccccc1. The van der Waals surface area contributed by atoms with Gasteiger partial charge in [0.2, 0.25) is 6.10 Å². The van der Waals surface area contributed by atoms with Gasteiger partial charge in [-0.2, -0.15) is 0 Å². The second-order valence-electron chi connectivity index (χ2n) is 3.96. The highest BCUT2D eigenvalue weighted by Crippen LogP contribution is 2.14. The fourth-order valence-corrected chi connectivity index (χ4v) is 1.57. The molecule has 1 aliphatic rings. The minimum Gasteiger partial charge on any atom is -0.461 e. The summed E-state index contributed by atoms with van der Waals surface area (Å²) in [7, 11) is 0. The van der Waals surface area contributed by atoms with E-state index in [1.54, 1.807) is 0 Å². The van der Waals surface area contributed by atoms with Crippen molar-refractivity contribution in [1.29, 1.82) is 0 Å². The van der Waals surface area contributed by atoms with Crippen LogP contribution in [0.5, 0.6) is 0 Å². The molecule has 1 aromatic carbocycles. The number of carbonyl (C=O) groups is 3. The first-order chi connectivity index (χ1) is 9.15. The Hall–Kier alpha value is -2.37. The number of esters is 2. The van der Waals surface area contributed by atoms with Crippen molar-refractivity contribution in [1.82, 2.24) is 0 Å². The Morgan fingerprint density at radius 2 is 1.95 bits per heavy atom. The molecule has 0 amide bonds. The molecule has 0 saturated carbocycles. The van der Waals surface area contributed by atoms with Crippen molar-refractivity contribution in [3.05, 3.63) is 35.9 Å². The van der Waals surface area contributed by atoms with Crippen LogP contribution in [0.25, 0.3) is 0 Å². The topological polar surface area (TPSA) is 78.9 Å². The molecule has 6 nitrogen and oxygen atoms in total. The van der Waals surface area contributed by atoms with Crippen molar-refractivity contribution in [3.63, 3.8) is 0 Å². The van der Waals surface area contributed by atoms with E-state index in [0.29, 0.717) is 0 Å². The predicted octanol–water partition coefficient (Wildman–Crippen LogP) is 1.57. The summed E-state index contributed by atoms with van der Waals surface area (Å²) in [4.78, 5) is 33.1. The zero-order chi connectivity index (χ0) is 13.7. The average Bonchev–Trinajstić information content (AvgIpc) is 2.73. The number of carbonyl (C=O) groups excluding carboxylic acids is 3. The molecule has 1 heterocycles. The van der Waals surface area contributed by atoms with E-state index in [1.165, 1.54) is 0 Å². The molecule has 0 N–H and O–H groups in total. The molecular formula is C13H12O6. The lowest BCUT2D eigenvalue weighted by Crippen LogP contribution is -2.18. The number of hydrogen-bond acceptors (Lipinski definition) is 6. The van der Waals surface area contributed by atoms with E-state index in [4.69, 9.17) is 4.74 Å². The first-order valence-corrected chi connectivity index (χ1v) is 5.77. The normalized spacial score (nSPS) is 17.8. The highest BCUT2D eigenvalue weighted by Gasteiger charge is 2.35. The summed E-state index contributed by atoms with van der Waals surface area (Å²) in [6, 6.07) is 9.23. The molecule has 1 saturated heterocycles. The van der Waals surface area contributed by atoms with E-state index in [1.807, 2.05) is 30.3 Å². The standard InChI is InChI=1S/C13H12O6/c14-11(17-8-9-4-2-1-3-5-9)7-6-10-12(15)19-13(16)18-10/h1-5,10H,6-8H2/t10-/m0/s1. The van der Waals surface area contributed by atoms with Gasteiger partial charge in [0, 0.05) is 12.8 Å². The van der Waals surface area contributed by atoms with E-state index in [-0.39, 0.29) is 19.4 Å². The van der Waals surface area contributed by atoms with Crippen molar-refractivity contribution in [3.8, 4) is 0 Å². The van der Waals surface area contributed by atoms with Crippen molar-refractivity contribution < 1.29 is 28.6 Å². The number of ether oxygens (including phenoxy) is 3. The first-order valence-electron chi connectivity index (χ1n) is 5.77. The zero-order valence-electron chi connectivity index (χ0n) is 10.0. The largest absolute Gasteiger partial charge is 0.517 e. The maximum atomic E-state index is 11.4. The Morgan fingerprint density at radius 1 is 1.21 bits per heavy atom. The Bertz CT molecular complexity index is 481. The molecular weight excluding hydrogens is 252 g/mol. The fraction of sp³-hybridized carbons (Fsp3) is 0.308. The third kappa shape index (κ3) is 3.80. The lowest BCUT2D eigenvalue weighted by Gasteiger charge is -2.06. The number of rotatable bonds is 5. The smallest absolute Gasteiger partial charge is 0.461 e. The number of hydrogen-bond donors (Lipinski definition) is 0. The second kappa shape index (κ2) is 5.99. The van der Waals surface area contributed by atoms with Crippen LogP contribution in [0.3, 0.4) is 0 Å². The lowest BCUT2D eigenvalue weighted by atomic mass is 10.2. The van der Waals surface area contributed by atoms with E-state index < -0.39 is 24.2 Å². The summed E-state index contributed by atoms with van der Waals surface area (Å²) in [5.41, 5.74) is 0.877. The highest BCUT2D eigenvalue weighted by atomic mass is 16.8. The summed E-state index contributed by atoms with van der Waals surface area (Å²) in [6.45, 7) is 0.175. The molecule has 0 aromatic heterocycles.